The van der Waals surface area contributed by atoms with E-state index < -0.39 is 0 Å². The highest BCUT2D eigenvalue weighted by Crippen LogP contribution is 2.03. The molecule has 1 rings (SSSR count). The first-order valence-electron chi connectivity index (χ1n) is 5.16. The number of aromatic nitrogens is 2. The minimum atomic E-state index is 0.130. The van der Waals surface area contributed by atoms with Crippen molar-refractivity contribution < 1.29 is 0 Å². The van der Waals surface area contributed by atoms with Crippen LogP contribution in [-0.4, -0.2) is 15.1 Å². The van der Waals surface area contributed by atoms with Crippen molar-refractivity contribution in [3.05, 3.63) is 18.2 Å². The maximum Gasteiger partial charge on any atom is 0.0957 e. The second-order valence-corrected chi connectivity index (χ2v) is 4.54. The Kier molecular flexibility index (Phi) is 3.93. The Labute approximate surface area is 91.9 Å². The molecule has 0 atom stereocenters. The second kappa shape index (κ2) is 4.99. The number of nitrogens with one attached hydrogen (secondary N) is 1. The van der Waals surface area contributed by atoms with Gasteiger partial charge in [0, 0.05) is 18.3 Å². The molecule has 0 aliphatic heterocycles. The first kappa shape index (κ1) is 11.8. The van der Waals surface area contributed by atoms with Gasteiger partial charge in [-0.3, -0.25) is 0 Å². The van der Waals surface area contributed by atoms with Crippen molar-refractivity contribution in [1.29, 1.82) is 0 Å². The maximum absolute atomic E-state index is 4.13. The highest BCUT2D eigenvalue weighted by atomic mass is 15.1. The minimum Gasteiger partial charge on any atom is -0.322 e. The molecule has 1 aromatic rings. The second-order valence-electron chi connectivity index (χ2n) is 4.54. The highest BCUT2D eigenvalue weighted by molar-refractivity contribution is 5.04. The van der Waals surface area contributed by atoms with Gasteiger partial charge in [-0.25, -0.2) is 4.98 Å². The lowest BCUT2D eigenvalue weighted by molar-refractivity contribution is 0.417. The molecule has 0 bridgehead atoms. The number of nitrogens with zero attached hydrogens (tertiary/aromatic N) is 2. The van der Waals surface area contributed by atoms with Crippen molar-refractivity contribution in [1.82, 2.24) is 14.9 Å². The summed E-state index contributed by atoms with van der Waals surface area (Å²) in [5.41, 5.74) is 1.30. The van der Waals surface area contributed by atoms with Gasteiger partial charge >= 0.3 is 0 Å². The van der Waals surface area contributed by atoms with E-state index in [-0.39, 0.29) is 5.54 Å². The normalized spacial score (nSPS) is 10.9. The third kappa shape index (κ3) is 4.18. The van der Waals surface area contributed by atoms with Crippen LogP contribution in [-0.2, 0) is 13.1 Å². The Morgan fingerprint density at radius 3 is 2.80 bits per heavy atom. The van der Waals surface area contributed by atoms with E-state index in [1.165, 1.54) is 5.69 Å². The van der Waals surface area contributed by atoms with Crippen LogP contribution in [0.15, 0.2) is 12.5 Å². The first-order valence-corrected chi connectivity index (χ1v) is 5.16. The zero-order chi connectivity index (χ0) is 11.3. The average Bonchev–Trinajstić information content (AvgIpc) is 2.57. The molecular weight excluding hydrogens is 186 g/mol. The van der Waals surface area contributed by atoms with Gasteiger partial charge in [-0.05, 0) is 27.7 Å². The van der Waals surface area contributed by atoms with Gasteiger partial charge in [-0.2, -0.15) is 0 Å². The first-order chi connectivity index (χ1) is 7.03. The van der Waals surface area contributed by atoms with Crippen molar-refractivity contribution in [3.63, 3.8) is 0 Å². The summed E-state index contributed by atoms with van der Waals surface area (Å²) < 4.78 is 2.06. The lowest BCUT2D eigenvalue weighted by Gasteiger charge is -2.20. The van der Waals surface area contributed by atoms with Crippen LogP contribution in [0.2, 0.25) is 0 Å². The maximum atomic E-state index is 4.13. The van der Waals surface area contributed by atoms with Gasteiger partial charge in [-0.1, -0.05) is 5.92 Å². The molecule has 0 saturated heterocycles. The van der Waals surface area contributed by atoms with Gasteiger partial charge in [0.25, 0.3) is 0 Å². The van der Waals surface area contributed by atoms with E-state index in [1.54, 1.807) is 0 Å². The SMILES string of the molecule is CC#CCn1cncc1CNC(C)(C)C. The Hall–Kier alpha value is -1.27. The highest BCUT2D eigenvalue weighted by Gasteiger charge is 2.09. The third-order valence-corrected chi connectivity index (χ3v) is 2.02. The fourth-order valence-electron chi connectivity index (χ4n) is 1.16. The number of imidazole rings is 1. The summed E-state index contributed by atoms with van der Waals surface area (Å²) in [6.07, 6.45) is 3.71. The van der Waals surface area contributed by atoms with Crippen LogP contribution in [0, 0.1) is 11.8 Å². The molecule has 1 N–H and O–H groups in total. The van der Waals surface area contributed by atoms with Crippen LogP contribution >= 0.6 is 0 Å². The Balaban J connectivity index is 2.60. The van der Waals surface area contributed by atoms with E-state index in [0.717, 1.165) is 13.1 Å². The molecule has 0 aliphatic rings. The molecule has 0 unspecified atom stereocenters. The van der Waals surface area contributed by atoms with Gasteiger partial charge in [0.15, 0.2) is 0 Å². The largest absolute Gasteiger partial charge is 0.322 e. The predicted octanol–water partition coefficient (Wildman–Crippen LogP) is 1.79. The topological polar surface area (TPSA) is 29.9 Å². The summed E-state index contributed by atoms with van der Waals surface area (Å²) >= 11 is 0. The quantitative estimate of drug-likeness (QED) is 0.762. The van der Waals surface area contributed by atoms with Crippen molar-refractivity contribution in [2.75, 3.05) is 0 Å². The lowest BCUT2D eigenvalue weighted by Crippen LogP contribution is -2.35. The van der Waals surface area contributed by atoms with Crippen LogP contribution in [0.25, 0.3) is 0 Å². The van der Waals surface area contributed by atoms with Crippen LogP contribution in [0.1, 0.15) is 33.4 Å². The summed E-state index contributed by atoms with van der Waals surface area (Å²) in [5.74, 6) is 5.92. The van der Waals surface area contributed by atoms with Gasteiger partial charge in [0.2, 0.25) is 0 Å². The van der Waals surface area contributed by atoms with Gasteiger partial charge in [0.1, 0.15) is 0 Å². The third-order valence-electron chi connectivity index (χ3n) is 2.02. The standard InChI is InChI=1S/C12H19N3/c1-5-6-7-15-10-13-8-11(15)9-14-12(2,3)4/h8,10,14H,7,9H2,1-4H3. The molecule has 0 saturated carbocycles. The van der Waals surface area contributed by atoms with E-state index in [9.17, 15) is 0 Å². The van der Waals surface area contributed by atoms with Crippen LogP contribution in [0.5, 0.6) is 0 Å². The summed E-state index contributed by atoms with van der Waals surface area (Å²) in [5, 5.41) is 3.43. The van der Waals surface area contributed by atoms with E-state index in [0.29, 0.717) is 0 Å². The zero-order valence-electron chi connectivity index (χ0n) is 9.96. The molecule has 3 heteroatoms. The molecule has 1 heterocycles. The minimum absolute atomic E-state index is 0.130. The summed E-state index contributed by atoms with van der Waals surface area (Å²) in [6.45, 7) is 9.86. The molecule has 0 fully saturated rings. The number of hydrogen-bond acceptors (Lipinski definition) is 2. The van der Waals surface area contributed by atoms with E-state index in [4.69, 9.17) is 0 Å². The Bertz CT molecular complexity index is 360. The van der Waals surface area contributed by atoms with Crippen molar-refractivity contribution in [2.45, 2.75) is 46.3 Å². The molecule has 0 aromatic carbocycles. The zero-order valence-corrected chi connectivity index (χ0v) is 9.96. The molecule has 0 radical (unpaired) electrons. The number of rotatable bonds is 3. The molecule has 0 aliphatic carbocycles. The molecular formula is C12H19N3. The van der Waals surface area contributed by atoms with Crippen molar-refractivity contribution in [3.8, 4) is 11.8 Å². The summed E-state index contributed by atoms with van der Waals surface area (Å²) in [4.78, 5) is 4.13. The van der Waals surface area contributed by atoms with E-state index in [2.05, 4.69) is 47.5 Å². The summed E-state index contributed by atoms with van der Waals surface area (Å²) in [7, 11) is 0. The molecule has 15 heavy (non-hydrogen) atoms. The monoisotopic (exact) mass is 205 g/mol. The van der Waals surface area contributed by atoms with Crippen molar-refractivity contribution in [2.24, 2.45) is 0 Å². The molecule has 0 amide bonds. The Morgan fingerprint density at radius 2 is 2.20 bits per heavy atom. The van der Waals surface area contributed by atoms with Crippen LogP contribution < -0.4 is 5.32 Å². The predicted molar refractivity (Wildman–Crippen MR) is 62.3 cm³/mol. The molecule has 82 valence electrons. The fraction of sp³-hybridized carbons (Fsp3) is 0.583. The van der Waals surface area contributed by atoms with Crippen LogP contribution in [0.3, 0.4) is 0 Å². The average molecular weight is 205 g/mol. The van der Waals surface area contributed by atoms with Gasteiger partial charge in [0.05, 0.1) is 18.6 Å². The summed E-state index contributed by atoms with van der Waals surface area (Å²) in [6, 6.07) is 0. The van der Waals surface area contributed by atoms with E-state index >= 15 is 0 Å². The van der Waals surface area contributed by atoms with E-state index in [1.807, 2.05) is 19.4 Å². The smallest absolute Gasteiger partial charge is 0.0957 e. The van der Waals surface area contributed by atoms with Crippen LogP contribution in [0.4, 0.5) is 0 Å². The lowest BCUT2D eigenvalue weighted by atomic mass is 10.1. The molecule has 1 aromatic heterocycles. The fourth-order valence-corrected chi connectivity index (χ4v) is 1.16. The Morgan fingerprint density at radius 1 is 1.47 bits per heavy atom. The van der Waals surface area contributed by atoms with Gasteiger partial charge < -0.3 is 9.88 Å². The van der Waals surface area contributed by atoms with Gasteiger partial charge in [-0.15, -0.1) is 5.92 Å². The molecule has 0 spiro atoms. The van der Waals surface area contributed by atoms with Crippen molar-refractivity contribution >= 4 is 0 Å². The number of hydrogen-bond donors (Lipinski definition) is 1. The molecule has 3 nitrogen and oxygen atoms in total.